The number of rotatable bonds is 3. The SMILES string of the molecule is O=C(O)C(O)C(O)C(=O)O.c1cnc2cc3c(cc2n1)[C@@H]1CNC[C@H]3C1.c1cnc2cc3c(cc2n1)[C@@H]1CNC[C@H]3C1. The molecule has 218 valence electrons. The van der Waals surface area contributed by atoms with Crippen LogP contribution in [0.5, 0.6) is 0 Å². The molecular formula is C30H32N6O6. The summed E-state index contributed by atoms with van der Waals surface area (Å²) in [5.74, 6) is -0.759. The molecule has 2 aliphatic heterocycles. The minimum absolute atomic E-state index is 0.695. The Balaban J connectivity index is 0.000000117. The first-order valence-corrected chi connectivity index (χ1v) is 14.0. The molecule has 0 spiro atoms. The number of hydrogen-bond acceptors (Lipinski definition) is 10. The van der Waals surface area contributed by atoms with Gasteiger partial charge in [-0.3, -0.25) is 19.9 Å². The summed E-state index contributed by atoms with van der Waals surface area (Å²) in [6, 6.07) is 8.98. The van der Waals surface area contributed by atoms with E-state index in [0.717, 1.165) is 48.2 Å². The van der Waals surface area contributed by atoms with E-state index in [9.17, 15) is 9.59 Å². The van der Waals surface area contributed by atoms with Crippen molar-refractivity contribution in [1.29, 1.82) is 0 Å². The molecule has 2 unspecified atom stereocenters. The lowest BCUT2D eigenvalue weighted by atomic mass is 9.98. The van der Waals surface area contributed by atoms with Crippen LogP contribution in [0.1, 0.15) is 58.8 Å². The first kappa shape index (κ1) is 28.0. The Bertz CT molecular complexity index is 1430. The number of hydrogen-bond donors (Lipinski definition) is 6. The monoisotopic (exact) mass is 572 g/mol. The number of nitrogens with zero attached hydrogens (tertiary/aromatic N) is 4. The Morgan fingerprint density at radius 1 is 0.571 bits per heavy atom. The van der Waals surface area contributed by atoms with E-state index in [2.05, 4.69) is 54.8 Å². The van der Waals surface area contributed by atoms with Crippen LogP contribution < -0.4 is 10.6 Å². The second-order valence-electron chi connectivity index (χ2n) is 11.2. The van der Waals surface area contributed by atoms with Gasteiger partial charge in [-0.05, 0) is 83.0 Å². The van der Waals surface area contributed by atoms with Crippen molar-refractivity contribution in [2.45, 2.75) is 48.7 Å². The number of carboxylic acid groups (broad SMARTS) is 2. The Morgan fingerprint density at radius 3 is 1.07 bits per heavy atom. The molecule has 0 radical (unpaired) electrons. The van der Waals surface area contributed by atoms with E-state index in [0.29, 0.717) is 23.7 Å². The maximum atomic E-state index is 9.77. The molecule has 2 aromatic carbocycles. The number of carboxylic acids is 2. The van der Waals surface area contributed by atoms with E-state index in [1.807, 2.05) is 0 Å². The van der Waals surface area contributed by atoms with Gasteiger partial charge in [0.25, 0.3) is 0 Å². The van der Waals surface area contributed by atoms with Crippen molar-refractivity contribution in [2.75, 3.05) is 26.2 Å². The standard InChI is InChI=1S/2C13H13N3.C4H6O6/c2*1-2-16-13-5-11-9-3-8(6-14-7-9)10(11)4-12(13)15-1;5-1(3(7)8)2(6)4(9)10/h2*1-2,4-5,8-9,14H,3,6-7H2;1-2,5-6H,(H,7,8)(H,9,10)/t2*8-,9+;. The van der Waals surface area contributed by atoms with Crippen LogP contribution in [-0.2, 0) is 9.59 Å². The number of aliphatic carboxylic acids is 2. The van der Waals surface area contributed by atoms with Gasteiger partial charge in [-0.1, -0.05) is 0 Å². The van der Waals surface area contributed by atoms with Crippen molar-refractivity contribution in [1.82, 2.24) is 30.6 Å². The van der Waals surface area contributed by atoms with Gasteiger partial charge in [0.1, 0.15) is 0 Å². The molecule has 2 saturated heterocycles. The fraction of sp³-hybridized carbons (Fsp3) is 0.400. The van der Waals surface area contributed by atoms with Crippen LogP contribution in [0.15, 0.2) is 49.1 Å². The van der Waals surface area contributed by atoms with Gasteiger partial charge in [-0.2, -0.15) is 0 Å². The Kier molecular flexibility index (Phi) is 7.78. The van der Waals surface area contributed by atoms with Crippen molar-refractivity contribution in [3.63, 3.8) is 0 Å². The third kappa shape index (κ3) is 5.41. The summed E-state index contributed by atoms with van der Waals surface area (Å²) in [5.41, 5.74) is 10.2. The summed E-state index contributed by atoms with van der Waals surface area (Å²) in [7, 11) is 0. The highest BCUT2D eigenvalue weighted by atomic mass is 16.4. The van der Waals surface area contributed by atoms with Gasteiger partial charge in [-0.25, -0.2) is 9.59 Å². The molecule has 4 aliphatic rings. The topological polar surface area (TPSA) is 191 Å². The number of aromatic nitrogens is 4. The second kappa shape index (κ2) is 11.6. The number of piperidine rings is 2. The summed E-state index contributed by atoms with van der Waals surface area (Å²) in [6.45, 7) is 4.48. The van der Waals surface area contributed by atoms with Crippen LogP contribution in [0.3, 0.4) is 0 Å². The summed E-state index contributed by atoms with van der Waals surface area (Å²) in [5, 5.41) is 39.5. The molecule has 2 aliphatic carbocycles. The predicted octanol–water partition coefficient (Wildman–Crippen LogP) is 1.49. The van der Waals surface area contributed by atoms with E-state index in [1.54, 1.807) is 24.8 Å². The van der Waals surface area contributed by atoms with E-state index < -0.39 is 24.1 Å². The molecule has 0 amide bonds. The third-order valence-corrected chi connectivity index (χ3v) is 8.61. The van der Waals surface area contributed by atoms with E-state index >= 15 is 0 Å². The number of carbonyl (C=O) groups is 2. The number of aliphatic hydroxyl groups is 2. The molecule has 4 bridgehead atoms. The molecule has 2 fully saturated rings. The molecule has 4 heterocycles. The van der Waals surface area contributed by atoms with Gasteiger partial charge in [0.2, 0.25) is 0 Å². The van der Waals surface area contributed by atoms with Gasteiger partial charge < -0.3 is 31.1 Å². The lowest BCUT2D eigenvalue weighted by molar-refractivity contribution is -0.165. The zero-order valence-electron chi connectivity index (χ0n) is 22.7. The zero-order chi connectivity index (χ0) is 29.4. The summed E-state index contributed by atoms with van der Waals surface area (Å²) in [6.07, 6.45) is 5.16. The minimum Gasteiger partial charge on any atom is -0.479 e. The summed E-state index contributed by atoms with van der Waals surface area (Å²) >= 11 is 0. The average Bonchev–Trinajstić information content (AvgIpc) is 3.40. The number of benzene rings is 2. The van der Waals surface area contributed by atoms with E-state index in [1.165, 1.54) is 35.1 Å². The van der Waals surface area contributed by atoms with Gasteiger partial charge in [0.15, 0.2) is 12.2 Å². The van der Waals surface area contributed by atoms with E-state index in [4.69, 9.17) is 20.4 Å². The molecule has 0 saturated carbocycles. The largest absolute Gasteiger partial charge is 0.479 e. The molecule has 12 nitrogen and oxygen atoms in total. The molecular weight excluding hydrogens is 540 g/mol. The Labute approximate surface area is 240 Å². The van der Waals surface area contributed by atoms with Crippen LogP contribution in [0.2, 0.25) is 0 Å². The zero-order valence-corrected chi connectivity index (χ0v) is 22.7. The lowest BCUT2D eigenvalue weighted by Gasteiger charge is -2.19. The van der Waals surface area contributed by atoms with Crippen LogP contribution in [0, 0.1) is 0 Å². The Hall–Kier alpha value is -4.10. The highest BCUT2D eigenvalue weighted by Gasteiger charge is 2.35. The number of aliphatic hydroxyl groups excluding tert-OH is 2. The molecule has 42 heavy (non-hydrogen) atoms. The quantitative estimate of drug-likeness (QED) is 0.208. The second-order valence-corrected chi connectivity index (χ2v) is 11.2. The first-order chi connectivity index (χ1) is 20.3. The van der Waals surface area contributed by atoms with Crippen LogP contribution in [0.4, 0.5) is 0 Å². The van der Waals surface area contributed by atoms with Crippen molar-refractivity contribution < 1.29 is 30.0 Å². The number of nitrogens with one attached hydrogen (secondary N) is 2. The normalized spacial score (nSPS) is 24.3. The van der Waals surface area contributed by atoms with Crippen LogP contribution in [0.25, 0.3) is 22.1 Å². The molecule has 6 atom stereocenters. The van der Waals surface area contributed by atoms with Gasteiger partial charge >= 0.3 is 11.9 Å². The first-order valence-electron chi connectivity index (χ1n) is 14.0. The molecule has 4 aromatic rings. The van der Waals surface area contributed by atoms with Gasteiger partial charge in [0.05, 0.1) is 22.1 Å². The van der Waals surface area contributed by atoms with Gasteiger partial charge in [-0.15, -0.1) is 0 Å². The molecule has 12 heteroatoms. The average molecular weight is 573 g/mol. The highest BCUT2D eigenvalue weighted by Crippen LogP contribution is 2.45. The molecule has 6 N–H and O–H groups in total. The van der Waals surface area contributed by atoms with Crippen LogP contribution in [-0.4, -0.2) is 90.7 Å². The van der Waals surface area contributed by atoms with Crippen LogP contribution >= 0.6 is 0 Å². The Morgan fingerprint density at radius 2 is 0.833 bits per heavy atom. The fourth-order valence-electron chi connectivity index (χ4n) is 6.60. The highest BCUT2D eigenvalue weighted by molar-refractivity contribution is 5.83. The fourth-order valence-corrected chi connectivity index (χ4v) is 6.60. The minimum atomic E-state index is -2.27. The maximum absolute atomic E-state index is 9.77. The molecule has 8 rings (SSSR count). The summed E-state index contributed by atoms with van der Waals surface area (Å²) < 4.78 is 0. The molecule has 2 aromatic heterocycles. The predicted molar refractivity (Wildman–Crippen MR) is 152 cm³/mol. The number of fused-ring (bicyclic) bond motifs is 12. The smallest absolute Gasteiger partial charge is 0.335 e. The van der Waals surface area contributed by atoms with Gasteiger partial charge in [0, 0.05) is 51.0 Å². The van der Waals surface area contributed by atoms with E-state index in [-0.39, 0.29) is 0 Å². The lowest BCUT2D eigenvalue weighted by Crippen LogP contribution is -2.39. The maximum Gasteiger partial charge on any atom is 0.335 e. The third-order valence-electron chi connectivity index (χ3n) is 8.61. The van der Waals surface area contributed by atoms with Crippen molar-refractivity contribution in [3.05, 3.63) is 71.3 Å². The van der Waals surface area contributed by atoms with Crippen molar-refractivity contribution in [2.24, 2.45) is 0 Å². The summed E-state index contributed by atoms with van der Waals surface area (Å²) in [4.78, 5) is 37.1. The van der Waals surface area contributed by atoms with Crippen molar-refractivity contribution >= 4 is 34.0 Å². The van der Waals surface area contributed by atoms with Crippen molar-refractivity contribution in [3.8, 4) is 0 Å².